The zero-order valence-corrected chi connectivity index (χ0v) is 16.7. The number of allylic oxidation sites excluding steroid dienone is 1. The fraction of sp³-hybridized carbons (Fsp3) is 0.875. The lowest BCUT2D eigenvalue weighted by Gasteiger charge is -2.44. The van der Waals surface area contributed by atoms with Crippen LogP contribution in [-0.4, -0.2) is 14.4 Å². The van der Waals surface area contributed by atoms with Crippen LogP contribution in [-0.2, 0) is 4.43 Å². The zero-order chi connectivity index (χ0) is 15.3. The second-order valence-electron chi connectivity index (χ2n) is 7.71. The molecule has 0 heterocycles. The number of halogens is 1. The van der Waals surface area contributed by atoms with Gasteiger partial charge in [-0.05, 0) is 41.4 Å². The Balaban J connectivity index is 5.02. The molecule has 1 atom stereocenters. The smallest absolute Gasteiger partial charge is 0.192 e. The second-order valence-corrected chi connectivity index (χ2v) is 13.0. The molecule has 0 aromatic carbocycles. The van der Waals surface area contributed by atoms with Crippen LogP contribution >= 0.6 is 15.9 Å². The van der Waals surface area contributed by atoms with Crippen LogP contribution in [0.5, 0.6) is 0 Å². The lowest BCUT2D eigenvalue weighted by atomic mass is 9.81. The van der Waals surface area contributed by atoms with Gasteiger partial charge in [0, 0.05) is 0 Å². The average molecular weight is 349 g/mol. The third kappa shape index (κ3) is 6.13. The maximum atomic E-state index is 6.69. The molecule has 0 unspecified atom stereocenters. The van der Waals surface area contributed by atoms with Gasteiger partial charge in [0.05, 0.1) is 6.10 Å². The van der Waals surface area contributed by atoms with Crippen LogP contribution in [0.25, 0.3) is 0 Å². The van der Waals surface area contributed by atoms with Gasteiger partial charge in [-0.1, -0.05) is 70.0 Å². The van der Waals surface area contributed by atoms with Gasteiger partial charge >= 0.3 is 0 Å². The number of hydrogen-bond donors (Lipinski definition) is 0. The van der Waals surface area contributed by atoms with E-state index in [4.69, 9.17) is 4.43 Å². The Bertz CT molecular complexity index is 290. The summed E-state index contributed by atoms with van der Waals surface area (Å²) < 4.78 is 6.69. The highest BCUT2D eigenvalue weighted by Crippen LogP contribution is 2.41. The van der Waals surface area contributed by atoms with Crippen LogP contribution in [0.15, 0.2) is 11.1 Å². The Kier molecular flexibility index (Phi) is 7.57. The van der Waals surface area contributed by atoms with Crippen molar-refractivity contribution in [1.29, 1.82) is 0 Å². The Morgan fingerprint density at radius 2 is 1.68 bits per heavy atom. The monoisotopic (exact) mass is 348 g/mol. The molecule has 3 heteroatoms. The summed E-state index contributed by atoms with van der Waals surface area (Å²) >= 11 is 3.37. The highest BCUT2D eigenvalue weighted by Gasteiger charge is 2.42. The maximum absolute atomic E-state index is 6.69. The summed E-state index contributed by atoms with van der Waals surface area (Å²) in [5.41, 5.74) is 0.190. The Morgan fingerprint density at radius 1 is 1.16 bits per heavy atom. The summed E-state index contributed by atoms with van der Waals surface area (Å²) in [6, 6.07) is 0. The van der Waals surface area contributed by atoms with E-state index in [-0.39, 0.29) is 10.5 Å². The van der Waals surface area contributed by atoms with E-state index in [2.05, 4.69) is 76.6 Å². The first-order valence-electron chi connectivity index (χ1n) is 7.41. The highest BCUT2D eigenvalue weighted by atomic mass is 79.9. The van der Waals surface area contributed by atoms with Crippen molar-refractivity contribution in [1.82, 2.24) is 0 Å². The van der Waals surface area contributed by atoms with Crippen molar-refractivity contribution in [2.45, 2.75) is 85.0 Å². The molecular weight excluding hydrogens is 316 g/mol. The topological polar surface area (TPSA) is 9.23 Å². The molecule has 0 saturated heterocycles. The van der Waals surface area contributed by atoms with E-state index in [0.717, 1.165) is 12.8 Å². The fourth-order valence-electron chi connectivity index (χ4n) is 1.88. The van der Waals surface area contributed by atoms with E-state index in [1.165, 1.54) is 6.42 Å². The van der Waals surface area contributed by atoms with Crippen molar-refractivity contribution in [3.63, 3.8) is 0 Å². The predicted molar refractivity (Wildman–Crippen MR) is 93.4 cm³/mol. The van der Waals surface area contributed by atoms with Crippen LogP contribution in [0.2, 0.25) is 18.1 Å². The number of rotatable bonds is 7. The van der Waals surface area contributed by atoms with E-state index in [0.29, 0.717) is 6.10 Å². The van der Waals surface area contributed by atoms with Crippen molar-refractivity contribution < 1.29 is 4.43 Å². The van der Waals surface area contributed by atoms with Crippen LogP contribution in [0, 0.1) is 5.41 Å². The van der Waals surface area contributed by atoms with E-state index in [9.17, 15) is 0 Å². The summed E-state index contributed by atoms with van der Waals surface area (Å²) in [5, 5.41) is 0.278. The van der Waals surface area contributed by atoms with E-state index >= 15 is 0 Å². The van der Waals surface area contributed by atoms with Crippen molar-refractivity contribution in [2.24, 2.45) is 5.41 Å². The summed E-state index contributed by atoms with van der Waals surface area (Å²) in [5.74, 6) is 0. The molecule has 0 amide bonds. The molecular formula is C16H33BrOSi. The first kappa shape index (κ1) is 19.4. The molecule has 0 saturated carbocycles. The minimum Gasteiger partial charge on any atom is -0.413 e. The molecule has 0 fully saturated rings. The van der Waals surface area contributed by atoms with Gasteiger partial charge < -0.3 is 4.43 Å². The standard InChI is InChI=1S/C16H33BrOSi/c1-9-11-14(16(5,6)12-10-13-17)18-19(7,8)15(2,3)4/h10,13-14H,9,11-12H2,1-8H3/t14-/m0/s1. The SMILES string of the molecule is CCC[C@H](O[Si](C)(C)C(C)(C)C)C(C)(C)CC=CBr. The molecule has 114 valence electrons. The van der Waals surface area contributed by atoms with Gasteiger partial charge in [-0.3, -0.25) is 0 Å². The van der Waals surface area contributed by atoms with Crippen LogP contribution in [0.3, 0.4) is 0 Å². The lowest BCUT2D eigenvalue weighted by molar-refractivity contribution is 0.0543. The van der Waals surface area contributed by atoms with Gasteiger partial charge in [-0.2, -0.15) is 0 Å². The van der Waals surface area contributed by atoms with Gasteiger partial charge in [0.1, 0.15) is 0 Å². The molecule has 0 bridgehead atoms. The number of hydrogen-bond acceptors (Lipinski definition) is 1. The molecule has 0 aliphatic carbocycles. The molecule has 1 nitrogen and oxygen atoms in total. The van der Waals surface area contributed by atoms with Gasteiger partial charge in [0.2, 0.25) is 0 Å². The Labute approximate surface area is 130 Å². The molecule has 0 radical (unpaired) electrons. The lowest BCUT2D eigenvalue weighted by Crippen LogP contribution is -2.47. The van der Waals surface area contributed by atoms with Gasteiger partial charge in [-0.25, -0.2) is 0 Å². The molecule has 0 spiro atoms. The van der Waals surface area contributed by atoms with Crippen LogP contribution in [0.4, 0.5) is 0 Å². The molecule has 0 aliphatic rings. The van der Waals surface area contributed by atoms with E-state index < -0.39 is 8.32 Å². The van der Waals surface area contributed by atoms with Gasteiger partial charge in [-0.15, -0.1) is 0 Å². The molecule has 0 rings (SSSR count). The third-order valence-electron chi connectivity index (χ3n) is 4.40. The fourth-order valence-corrected chi connectivity index (χ4v) is 3.57. The largest absolute Gasteiger partial charge is 0.413 e. The third-order valence-corrected chi connectivity index (χ3v) is 9.26. The molecule has 0 aromatic heterocycles. The molecule has 0 aliphatic heterocycles. The summed E-state index contributed by atoms with van der Waals surface area (Å²) in [4.78, 5) is 1.96. The predicted octanol–water partition coefficient (Wildman–Crippen LogP) is 6.50. The second kappa shape index (κ2) is 7.42. The van der Waals surface area contributed by atoms with E-state index in [1.807, 2.05) is 4.99 Å². The quantitative estimate of drug-likeness (QED) is 0.477. The van der Waals surface area contributed by atoms with Gasteiger partial charge in [0.25, 0.3) is 0 Å². The van der Waals surface area contributed by atoms with Crippen molar-refractivity contribution >= 4 is 24.2 Å². The van der Waals surface area contributed by atoms with Crippen LogP contribution in [0.1, 0.15) is 60.8 Å². The highest BCUT2D eigenvalue weighted by molar-refractivity contribution is 9.11. The zero-order valence-electron chi connectivity index (χ0n) is 14.1. The normalized spacial score (nSPS) is 16.1. The maximum Gasteiger partial charge on any atom is 0.192 e. The molecule has 0 N–H and O–H groups in total. The minimum absolute atomic E-state index is 0.190. The van der Waals surface area contributed by atoms with E-state index in [1.54, 1.807) is 0 Å². The molecule has 0 aromatic rings. The van der Waals surface area contributed by atoms with Crippen molar-refractivity contribution in [2.75, 3.05) is 0 Å². The first-order valence-corrected chi connectivity index (χ1v) is 11.2. The van der Waals surface area contributed by atoms with Crippen molar-refractivity contribution in [3.05, 3.63) is 11.1 Å². The van der Waals surface area contributed by atoms with Crippen LogP contribution < -0.4 is 0 Å². The van der Waals surface area contributed by atoms with Gasteiger partial charge in [0.15, 0.2) is 8.32 Å². The van der Waals surface area contributed by atoms with Crippen molar-refractivity contribution in [3.8, 4) is 0 Å². The first-order chi connectivity index (χ1) is 8.48. The summed E-state index contributed by atoms with van der Waals surface area (Å²) in [6.07, 6.45) is 5.92. The minimum atomic E-state index is -1.69. The summed E-state index contributed by atoms with van der Waals surface area (Å²) in [6.45, 7) is 18.5. The Morgan fingerprint density at radius 3 is 2.05 bits per heavy atom. The molecule has 19 heavy (non-hydrogen) atoms. The summed E-state index contributed by atoms with van der Waals surface area (Å²) in [7, 11) is -1.69. The average Bonchev–Trinajstić information content (AvgIpc) is 2.24. The Hall–Kier alpha value is 0.397.